The van der Waals surface area contributed by atoms with Gasteiger partial charge in [0.15, 0.2) is 22.8 Å². The summed E-state index contributed by atoms with van der Waals surface area (Å²) < 4.78 is 7.66. The van der Waals surface area contributed by atoms with E-state index in [0.717, 1.165) is 47.1 Å². The van der Waals surface area contributed by atoms with Gasteiger partial charge in [0.2, 0.25) is 0 Å². The molecule has 0 unspecified atom stereocenters. The zero-order valence-electron chi connectivity index (χ0n) is 17.9. The number of ether oxygens (including phenoxy) is 1. The average Bonchev–Trinajstić information content (AvgIpc) is 3.58. The highest BCUT2D eigenvalue weighted by Gasteiger charge is 2.31. The molecule has 1 aliphatic carbocycles. The van der Waals surface area contributed by atoms with Crippen LogP contribution in [-0.4, -0.2) is 58.4 Å². The maximum absolute atomic E-state index is 11.8. The summed E-state index contributed by atoms with van der Waals surface area (Å²) in [6, 6.07) is 7.38. The number of carbonyl (C=O) groups excluding carboxylic acids is 1. The third-order valence-electron chi connectivity index (χ3n) is 5.73. The predicted molar refractivity (Wildman–Crippen MR) is 119 cm³/mol. The highest BCUT2D eigenvalue weighted by molar-refractivity contribution is 5.90. The van der Waals surface area contributed by atoms with E-state index in [1.54, 1.807) is 0 Å². The summed E-state index contributed by atoms with van der Waals surface area (Å²) in [4.78, 5) is 28.8. The van der Waals surface area contributed by atoms with Crippen LogP contribution in [0.25, 0.3) is 22.6 Å². The van der Waals surface area contributed by atoms with Crippen LogP contribution >= 0.6 is 0 Å². The Balaban J connectivity index is 1.53. The van der Waals surface area contributed by atoms with Crippen molar-refractivity contribution in [1.29, 1.82) is 0 Å². The fourth-order valence-electron chi connectivity index (χ4n) is 3.93. The number of amides is 2. The summed E-state index contributed by atoms with van der Waals surface area (Å²) in [7, 11) is 2.04. The molecule has 0 spiro atoms. The summed E-state index contributed by atoms with van der Waals surface area (Å²) in [5, 5.41) is 5.55. The zero-order valence-corrected chi connectivity index (χ0v) is 17.9. The van der Waals surface area contributed by atoms with Gasteiger partial charge in [0.1, 0.15) is 5.82 Å². The Kier molecular flexibility index (Phi) is 5.19. The maximum Gasteiger partial charge on any atom is 0.319 e. The number of nitrogens with one attached hydrogen (secondary N) is 2. The smallest absolute Gasteiger partial charge is 0.319 e. The first kappa shape index (κ1) is 19.7. The summed E-state index contributed by atoms with van der Waals surface area (Å²) in [5.74, 6) is 3.15. The number of imidazole rings is 1. The molecule has 9 heteroatoms. The normalized spacial score (nSPS) is 16.5. The van der Waals surface area contributed by atoms with Gasteiger partial charge in [-0.3, -0.25) is 0 Å². The molecule has 1 saturated heterocycles. The Morgan fingerprint density at radius 1 is 1.13 bits per heavy atom. The second-order valence-corrected chi connectivity index (χ2v) is 8.01. The van der Waals surface area contributed by atoms with E-state index in [9.17, 15) is 4.79 Å². The third kappa shape index (κ3) is 3.93. The molecule has 0 bridgehead atoms. The zero-order chi connectivity index (χ0) is 21.4. The van der Waals surface area contributed by atoms with E-state index in [1.165, 1.54) is 12.8 Å². The molecule has 0 atom stereocenters. The van der Waals surface area contributed by atoms with Crippen molar-refractivity contribution in [3.8, 4) is 11.4 Å². The number of aromatic nitrogens is 4. The number of morpholine rings is 1. The predicted octanol–water partition coefficient (Wildman–Crippen LogP) is 2.89. The topological polar surface area (TPSA) is 97.2 Å². The van der Waals surface area contributed by atoms with Crippen LogP contribution in [0.3, 0.4) is 0 Å². The molecule has 1 saturated carbocycles. The van der Waals surface area contributed by atoms with Gasteiger partial charge < -0.3 is 24.8 Å². The van der Waals surface area contributed by atoms with Crippen LogP contribution in [-0.2, 0) is 11.8 Å². The number of hydrogen-bond donors (Lipinski definition) is 2. The van der Waals surface area contributed by atoms with Crippen molar-refractivity contribution >= 4 is 28.7 Å². The quantitative estimate of drug-likeness (QED) is 0.658. The van der Waals surface area contributed by atoms with Crippen LogP contribution in [0.1, 0.15) is 31.5 Å². The lowest BCUT2D eigenvalue weighted by Gasteiger charge is -2.28. The van der Waals surface area contributed by atoms with Gasteiger partial charge in [0, 0.05) is 43.9 Å². The van der Waals surface area contributed by atoms with E-state index in [4.69, 9.17) is 19.7 Å². The summed E-state index contributed by atoms with van der Waals surface area (Å²) in [6.07, 6.45) is 2.37. The van der Waals surface area contributed by atoms with Crippen LogP contribution in [0.4, 0.5) is 16.3 Å². The molecular formula is C22H27N7O2. The lowest BCUT2D eigenvalue weighted by atomic mass is 10.2. The standard InChI is InChI=1S/C22H27N7O2/c1-3-23-22(30)24-16-8-6-14(7-9-16)18-26-20-17(25-19(28(20)2)15-4-5-15)21(27-18)29-10-12-31-13-11-29/h6-9,15H,3-5,10-13H2,1-2H3,(H2,23,24,30). The fraction of sp³-hybridized carbons (Fsp3) is 0.455. The molecule has 2 amide bonds. The number of hydrogen-bond acceptors (Lipinski definition) is 6. The van der Waals surface area contributed by atoms with E-state index in [0.29, 0.717) is 31.5 Å². The van der Waals surface area contributed by atoms with Crippen molar-refractivity contribution in [3.63, 3.8) is 0 Å². The van der Waals surface area contributed by atoms with E-state index in [2.05, 4.69) is 20.1 Å². The minimum atomic E-state index is -0.218. The molecule has 3 heterocycles. The van der Waals surface area contributed by atoms with Gasteiger partial charge in [-0.15, -0.1) is 0 Å². The van der Waals surface area contributed by atoms with E-state index in [1.807, 2.05) is 38.2 Å². The monoisotopic (exact) mass is 421 g/mol. The number of fused-ring (bicyclic) bond motifs is 1. The fourth-order valence-corrected chi connectivity index (χ4v) is 3.93. The molecule has 2 aromatic heterocycles. The van der Waals surface area contributed by atoms with Gasteiger partial charge >= 0.3 is 6.03 Å². The molecule has 2 N–H and O–H groups in total. The first-order valence-electron chi connectivity index (χ1n) is 10.9. The Morgan fingerprint density at radius 2 is 1.87 bits per heavy atom. The van der Waals surface area contributed by atoms with Crippen molar-refractivity contribution in [1.82, 2.24) is 24.8 Å². The number of aryl methyl sites for hydroxylation is 1. The van der Waals surface area contributed by atoms with Gasteiger partial charge in [-0.1, -0.05) is 0 Å². The van der Waals surface area contributed by atoms with Gasteiger partial charge in [-0.2, -0.15) is 0 Å². The molecular weight excluding hydrogens is 394 g/mol. The second kappa shape index (κ2) is 8.14. The minimum Gasteiger partial charge on any atom is -0.378 e. The Hall–Kier alpha value is -3.20. The molecule has 3 aromatic rings. The van der Waals surface area contributed by atoms with Gasteiger partial charge in [-0.25, -0.2) is 19.7 Å². The summed E-state index contributed by atoms with van der Waals surface area (Å²) >= 11 is 0. The number of nitrogens with zero attached hydrogens (tertiary/aromatic N) is 5. The van der Waals surface area contributed by atoms with Crippen molar-refractivity contribution in [2.45, 2.75) is 25.7 Å². The number of benzene rings is 1. The number of anilines is 2. The Morgan fingerprint density at radius 3 is 2.55 bits per heavy atom. The minimum absolute atomic E-state index is 0.218. The van der Waals surface area contributed by atoms with Gasteiger partial charge in [0.05, 0.1) is 13.2 Å². The molecule has 31 heavy (non-hydrogen) atoms. The lowest BCUT2D eigenvalue weighted by molar-refractivity contribution is 0.122. The Labute approximate surface area is 180 Å². The molecule has 162 valence electrons. The first-order valence-corrected chi connectivity index (χ1v) is 10.9. The summed E-state index contributed by atoms with van der Waals surface area (Å²) in [6.45, 7) is 5.41. The van der Waals surface area contributed by atoms with Gasteiger partial charge in [-0.05, 0) is 44.0 Å². The largest absolute Gasteiger partial charge is 0.378 e. The number of rotatable bonds is 5. The maximum atomic E-state index is 11.8. The molecule has 2 fully saturated rings. The number of urea groups is 1. The molecule has 1 aliphatic heterocycles. The number of carbonyl (C=O) groups is 1. The van der Waals surface area contributed by atoms with E-state index < -0.39 is 0 Å². The lowest BCUT2D eigenvalue weighted by Crippen LogP contribution is -2.37. The van der Waals surface area contributed by atoms with Crippen molar-refractivity contribution < 1.29 is 9.53 Å². The molecule has 0 radical (unpaired) electrons. The molecule has 2 aliphatic rings. The highest BCUT2D eigenvalue weighted by atomic mass is 16.5. The highest BCUT2D eigenvalue weighted by Crippen LogP contribution is 2.41. The van der Waals surface area contributed by atoms with Crippen LogP contribution < -0.4 is 15.5 Å². The van der Waals surface area contributed by atoms with E-state index >= 15 is 0 Å². The molecule has 5 rings (SSSR count). The second-order valence-electron chi connectivity index (χ2n) is 8.01. The van der Waals surface area contributed by atoms with Crippen LogP contribution in [0.15, 0.2) is 24.3 Å². The summed E-state index contributed by atoms with van der Waals surface area (Å²) in [5.41, 5.74) is 3.34. The molecule has 1 aromatic carbocycles. The van der Waals surface area contributed by atoms with Crippen LogP contribution in [0.2, 0.25) is 0 Å². The third-order valence-corrected chi connectivity index (χ3v) is 5.73. The molecule has 9 nitrogen and oxygen atoms in total. The van der Waals surface area contributed by atoms with Gasteiger partial charge in [0.25, 0.3) is 0 Å². The van der Waals surface area contributed by atoms with Crippen LogP contribution in [0.5, 0.6) is 0 Å². The van der Waals surface area contributed by atoms with E-state index in [-0.39, 0.29) is 6.03 Å². The average molecular weight is 422 g/mol. The van der Waals surface area contributed by atoms with Crippen molar-refractivity contribution in [2.75, 3.05) is 43.1 Å². The van der Waals surface area contributed by atoms with Crippen molar-refractivity contribution in [2.24, 2.45) is 7.05 Å². The first-order chi connectivity index (χ1) is 15.1. The van der Waals surface area contributed by atoms with Crippen LogP contribution in [0, 0.1) is 0 Å². The SMILES string of the molecule is CCNC(=O)Nc1ccc(-c2nc(N3CCOCC3)c3nc(C4CC4)n(C)c3n2)cc1. The van der Waals surface area contributed by atoms with Crippen molar-refractivity contribution in [3.05, 3.63) is 30.1 Å². The Bertz CT molecular complexity index is 1100.